The second-order valence-corrected chi connectivity index (χ2v) is 8.99. The molecule has 0 rings (SSSR count). The summed E-state index contributed by atoms with van der Waals surface area (Å²) in [6.45, 7) is 8.53. The maximum Gasteiger partial charge on any atom is 0.502 e. The second kappa shape index (κ2) is 12.2. The standard InChI is InChI=1S/C15H31NO5SSi/c1-7-14(17)15(18)22-11-10-12-23(19-8-2,20-9-3)21-13(4)16(5)6/h13H,7-12H2,1-6H3. The summed E-state index contributed by atoms with van der Waals surface area (Å²) in [6, 6.07) is 0.632. The normalized spacial score (nSPS) is 13.3. The largest absolute Gasteiger partial charge is 0.502 e. The van der Waals surface area contributed by atoms with Crippen LogP contribution < -0.4 is 0 Å². The van der Waals surface area contributed by atoms with E-state index in [1.165, 1.54) is 0 Å². The molecule has 23 heavy (non-hydrogen) atoms. The van der Waals surface area contributed by atoms with Gasteiger partial charge >= 0.3 is 8.80 Å². The minimum atomic E-state index is -2.78. The van der Waals surface area contributed by atoms with Crippen molar-refractivity contribution >= 4 is 31.5 Å². The number of rotatable bonds is 13. The second-order valence-electron chi connectivity index (χ2n) is 5.25. The van der Waals surface area contributed by atoms with E-state index >= 15 is 0 Å². The molecule has 0 fully saturated rings. The van der Waals surface area contributed by atoms with E-state index < -0.39 is 8.80 Å². The first-order chi connectivity index (χ1) is 10.8. The third-order valence-electron chi connectivity index (χ3n) is 3.22. The van der Waals surface area contributed by atoms with Gasteiger partial charge in [-0.2, -0.15) is 0 Å². The van der Waals surface area contributed by atoms with Crippen molar-refractivity contribution in [1.82, 2.24) is 4.90 Å². The van der Waals surface area contributed by atoms with Gasteiger partial charge in [0, 0.05) is 31.4 Å². The number of carbonyl (C=O) groups excluding carboxylic acids is 2. The van der Waals surface area contributed by atoms with Crippen molar-refractivity contribution in [3.63, 3.8) is 0 Å². The molecule has 0 spiro atoms. The predicted octanol–water partition coefficient (Wildman–Crippen LogP) is 2.55. The van der Waals surface area contributed by atoms with Crippen LogP contribution in [0.25, 0.3) is 0 Å². The number of ketones is 1. The van der Waals surface area contributed by atoms with Gasteiger partial charge in [-0.25, -0.2) is 0 Å². The van der Waals surface area contributed by atoms with Gasteiger partial charge in [0.15, 0.2) is 0 Å². The van der Waals surface area contributed by atoms with Crippen molar-refractivity contribution in [3.05, 3.63) is 0 Å². The van der Waals surface area contributed by atoms with Crippen molar-refractivity contribution in [2.24, 2.45) is 0 Å². The predicted molar refractivity (Wildman–Crippen MR) is 95.4 cm³/mol. The van der Waals surface area contributed by atoms with Gasteiger partial charge in [0.1, 0.15) is 6.23 Å². The third kappa shape index (κ3) is 8.97. The highest BCUT2D eigenvalue weighted by molar-refractivity contribution is 8.15. The SMILES string of the molecule is CCO[Si](CCCSC(=O)C(=O)CC)(OCC)OC(C)N(C)C. The van der Waals surface area contributed by atoms with Gasteiger partial charge in [0.05, 0.1) is 0 Å². The summed E-state index contributed by atoms with van der Waals surface area (Å²) >= 11 is 1.07. The van der Waals surface area contributed by atoms with Crippen LogP contribution in [0.1, 0.15) is 40.5 Å². The summed E-state index contributed by atoms with van der Waals surface area (Å²) in [4.78, 5) is 24.8. The molecule has 0 aromatic carbocycles. The molecule has 0 aliphatic rings. The average molecular weight is 366 g/mol. The van der Waals surface area contributed by atoms with E-state index in [1.54, 1.807) is 6.92 Å². The van der Waals surface area contributed by atoms with Crippen molar-refractivity contribution in [2.45, 2.75) is 52.8 Å². The molecule has 0 saturated heterocycles. The molecule has 1 unspecified atom stereocenters. The van der Waals surface area contributed by atoms with Crippen LogP contribution >= 0.6 is 11.8 Å². The lowest BCUT2D eigenvalue weighted by molar-refractivity contribution is -0.131. The van der Waals surface area contributed by atoms with Gasteiger partial charge in [0.25, 0.3) is 5.12 Å². The Morgan fingerprint density at radius 3 is 2.13 bits per heavy atom. The Balaban J connectivity index is 4.62. The lowest BCUT2D eigenvalue weighted by atomic mass is 10.3. The van der Waals surface area contributed by atoms with E-state index in [-0.39, 0.29) is 23.5 Å². The monoisotopic (exact) mass is 365 g/mol. The molecule has 0 heterocycles. The zero-order valence-corrected chi connectivity index (χ0v) is 17.0. The van der Waals surface area contributed by atoms with Crippen LogP contribution in [0.15, 0.2) is 0 Å². The molecular weight excluding hydrogens is 334 g/mol. The van der Waals surface area contributed by atoms with Crippen LogP contribution in [-0.2, 0) is 22.9 Å². The third-order valence-corrected chi connectivity index (χ3v) is 7.32. The minimum Gasteiger partial charge on any atom is -0.374 e. The van der Waals surface area contributed by atoms with E-state index in [2.05, 4.69) is 0 Å². The Hall–Kier alpha value is -0.253. The van der Waals surface area contributed by atoms with E-state index in [0.717, 1.165) is 11.8 Å². The lowest BCUT2D eigenvalue weighted by Gasteiger charge is -2.34. The molecule has 136 valence electrons. The molecule has 0 amide bonds. The smallest absolute Gasteiger partial charge is 0.374 e. The highest BCUT2D eigenvalue weighted by Gasteiger charge is 2.42. The van der Waals surface area contributed by atoms with Gasteiger partial charge in [-0.3, -0.25) is 14.5 Å². The average Bonchev–Trinajstić information content (AvgIpc) is 2.50. The molecule has 0 aromatic heterocycles. The highest BCUT2D eigenvalue weighted by atomic mass is 32.2. The molecule has 8 heteroatoms. The Labute approximate surface area is 145 Å². The van der Waals surface area contributed by atoms with Crippen LogP contribution in [0.4, 0.5) is 0 Å². The van der Waals surface area contributed by atoms with Gasteiger partial charge in [-0.1, -0.05) is 18.7 Å². The zero-order chi connectivity index (χ0) is 17.9. The number of nitrogens with zero attached hydrogens (tertiary/aromatic N) is 1. The van der Waals surface area contributed by atoms with E-state index in [0.29, 0.717) is 31.4 Å². The van der Waals surface area contributed by atoms with Crippen LogP contribution in [0.5, 0.6) is 0 Å². The van der Waals surface area contributed by atoms with Crippen molar-refractivity contribution in [1.29, 1.82) is 0 Å². The van der Waals surface area contributed by atoms with E-state index in [4.69, 9.17) is 13.3 Å². The number of hydrogen-bond donors (Lipinski definition) is 0. The molecule has 6 nitrogen and oxygen atoms in total. The maximum absolute atomic E-state index is 11.5. The van der Waals surface area contributed by atoms with Crippen molar-refractivity contribution in [2.75, 3.05) is 33.1 Å². The fraction of sp³-hybridized carbons (Fsp3) is 0.867. The van der Waals surface area contributed by atoms with Crippen LogP contribution in [0, 0.1) is 0 Å². The molecule has 0 aromatic rings. The quantitative estimate of drug-likeness (QED) is 0.215. The van der Waals surface area contributed by atoms with Crippen LogP contribution in [-0.4, -0.2) is 63.9 Å². The molecule has 0 saturated carbocycles. The highest BCUT2D eigenvalue weighted by Crippen LogP contribution is 2.22. The number of thioether (sulfide) groups is 1. The maximum atomic E-state index is 11.5. The topological polar surface area (TPSA) is 65.1 Å². The molecular formula is C15H31NO5SSi. The van der Waals surface area contributed by atoms with Crippen LogP contribution in [0.3, 0.4) is 0 Å². The fourth-order valence-corrected chi connectivity index (χ4v) is 5.68. The molecule has 0 bridgehead atoms. The zero-order valence-electron chi connectivity index (χ0n) is 15.2. The molecule has 1 atom stereocenters. The van der Waals surface area contributed by atoms with Gasteiger partial charge < -0.3 is 13.3 Å². The van der Waals surface area contributed by atoms with Crippen molar-refractivity contribution < 1.29 is 22.9 Å². The Bertz CT molecular complexity index is 362. The number of Topliss-reactive ketones (excluding diaryl/α,β-unsaturated/α-hetero) is 1. The molecule has 0 aliphatic carbocycles. The molecule has 0 radical (unpaired) electrons. The number of carbonyl (C=O) groups is 2. The minimum absolute atomic E-state index is 0.115. The molecule has 0 N–H and O–H groups in total. The number of hydrogen-bond acceptors (Lipinski definition) is 7. The summed E-state index contributed by atoms with van der Waals surface area (Å²) in [5.41, 5.74) is 0. The molecule has 0 aliphatic heterocycles. The summed E-state index contributed by atoms with van der Waals surface area (Å²) in [6.07, 6.45) is 0.849. The van der Waals surface area contributed by atoms with Crippen LogP contribution in [0.2, 0.25) is 6.04 Å². The fourth-order valence-electron chi connectivity index (χ4n) is 1.80. The van der Waals surface area contributed by atoms with E-state index in [9.17, 15) is 9.59 Å². The van der Waals surface area contributed by atoms with E-state index in [1.807, 2.05) is 39.8 Å². The lowest BCUT2D eigenvalue weighted by Crippen LogP contribution is -2.50. The van der Waals surface area contributed by atoms with Gasteiger partial charge in [-0.15, -0.1) is 0 Å². The first-order valence-electron chi connectivity index (χ1n) is 8.13. The summed E-state index contributed by atoms with van der Waals surface area (Å²) in [7, 11) is 1.09. The summed E-state index contributed by atoms with van der Waals surface area (Å²) < 4.78 is 17.9. The Kier molecular flexibility index (Phi) is 12.0. The Morgan fingerprint density at radius 2 is 1.70 bits per heavy atom. The first kappa shape index (κ1) is 22.7. The first-order valence-corrected chi connectivity index (χ1v) is 11.1. The van der Waals surface area contributed by atoms with Crippen molar-refractivity contribution in [3.8, 4) is 0 Å². The summed E-state index contributed by atoms with van der Waals surface area (Å²) in [5, 5.41) is -0.366. The Morgan fingerprint density at radius 1 is 1.13 bits per heavy atom. The van der Waals surface area contributed by atoms with Gasteiger partial charge in [0.2, 0.25) is 5.78 Å². The van der Waals surface area contributed by atoms with Gasteiger partial charge in [-0.05, 0) is 41.3 Å². The summed E-state index contributed by atoms with van der Waals surface area (Å²) in [5.74, 6) is 0.240.